The molecule has 2 N–H and O–H groups in total. The molecule has 0 saturated heterocycles. The molecule has 0 fully saturated rings. The number of nitrogens with zero attached hydrogens (tertiary/aromatic N) is 2. The number of hydrogen-bond donors (Lipinski definition) is 2. The molecule has 0 aliphatic rings. The van der Waals surface area contributed by atoms with Gasteiger partial charge in [0, 0.05) is 50.4 Å². The van der Waals surface area contributed by atoms with Crippen molar-refractivity contribution in [2.24, 2.45) is 4.99 Å². The topological polar surface area (TPSA) is 48.9 Å². The Balaban J connectivity index is 0.00000484. The molecular formula is C15H25Cl2IN4O. The zero-order valence-electron chi connectivity index (χ0n) is 13.7. The summed E-state index contributed by atoms with van der Waals surface area (Å²) in [5.41, 5.74) is 0.978. The molecule has 8 heteroatoms. The van der Waals surface area contributed by atoms with Crippen LogP contribution >= 0.6 is 47.2 Å². The lowest BCUT2D eigenvalue weighted by Crippen LogP contribution is -2.41. The lowest BCUT2D eigenvalue weighted by Gasteiger charge is -2.18. The summed E-state index contributed by atoms with van der Waals surface area (Å²) in [6.07, 6.45) is 0. The van der Waals surface area contributed by atoms with Crippen molar-refractivity contribution >= 4 is 53.1 Å². The van der Waals surface area contributed by atoms with Crippen molar-refractivity contribution in [1.29, 1.82) is 0 Å². The van der Waals surface area contributed by atoms with Gasteiger partial charge in [-0.2, -0.15) is 0 Å². The van der Waals surface area contributed by atoms with E-state index in [0.29, 0.717) is 16.6 Å². The number of benzene rings is 1. The molecule has 23 heavy (non-hydrogen) atoms. The van der Waals surface area contributed by atoms with E-state index in [1.54, 1.807) is 20.2 Å². The van der Waals surface area contributed by atoms with Crippen LogP contribution in [0, 0.1) is 0 Å². The van der Waals surface area contributed by atoms with E-state index in [0.717, 1.165) is 37.8 Å². The van der Waals surface area contributed by atoms with Crippen molar-refractivity contribution in [2.45, 2.75) is 6.54 Å². The third-order valence-electron chi connectivity index (χ3n) is 3.15. The van der Waals surface area contributed by atoms with Crippen molar-refractivity contribution in [3.63, 3.8) is 0 Å². The molecule has 0 saturated carbocycles. The molecule has 0 radical (unpaired) electrons. The standard InChI is InChI=1S/C15H24Cl2N4O.HI/c1-18-15(19-6-7-21(2)8-9-22-3)20-11-12-4-5-13(16)10-14(12)17;/h4-5,10H,6-9,11H2,1-3H3,(H2,18,19,20);1H. The highest BCUT2D eigenvalue weighted by Gasteiger charge is 2.04. The Labute approximate surface area is 165 Å². The maximum Gasteiger partial charge on any atom is 0.191 e. The lowest BCUT2D eigenvalue weighted by molar-refractivity contribution is 0.162. The van der Waals surface area contributed by atoms with Gasteiger partial charge in [-0.3, -0.25) is 4.99 Å². The fourth-order valence-electron chi connectivity index (χ4n) is 1.79. The zero-order chi connectivity index (χ0) is 16.4. The van der Waals surface area contributed by atoms with Gasteiger partial charge in [0.15, 0.2) is 5.96 Å². The third kappa shape index (κ3) is 9.56. The van der Waals surface area contributed by atoms with E-state index in [9.17, 15) is 0 Å². The highest BCUT2D eigenvalue weighted by Crippen LogP contribution is 2.20. The molecule has 1 aromatic carbocycles. The van der Waals surface area contributed by atoms with E-state index in [4.69, 9.17) is 27.9 Å². The quantitative estimate of drug-likeness (QED) is 0.345. The molecule has 0 spiro atoms. The number of rotatable bonds is 8. The molecule has 1 aromatic rings. The maximum atomic E-state index is 6.15. The predicted octanol–water partition coefficient (Wildman–Crippen LogP) is 2.85. The van der Waals surface area contributed by atoms with Crippen molar-refractivity contribution in [3.05, 3.63) is 33.8 Å². The highest BCUT2D eigenvalue weighted by atomic mass is 127. The largest absolute Gasteiger partial charge is 0.383 e. The van der Waals surface area contributed by atoms with Crippen LogP contribution in [0.3, 0.4) is 0 Å². The van der Waals surface area contributed by atoms with Crippen LogP contribution in [0.1, 0.15) is 5.56 Å². The van der Waals surface area contributed by atoms with Crippen LogP contribution in [0.25, 0.3) is 0 Å². The number of nitrogens with one attached hydrogen (secondary N) is 2. The SMILES string of the molecule is CN=C(NCCN(C)CCOC)NCc1ccc(Cl)cc1Cl.I. The molecule has 132 valence electrons. The molecular weight excluding hydrogens is 450 g/mol. The first kappa shape index (κ1) is 22.7. The Morgan fingerprint density at radius 3 is 2.61 bits per heavy atom. The molecule has 0 amide bonds. The van der Waals surface area contributed by atoms with Gasteiger partial charge in [0.05, 0.1) is 6.61 Å². The second kappa shape index (κ2) is 13.1. The fraction of sp³-hybridized carbons (Fsp3) is 0.533. The second-order valence-electron chi connectivity index (χ2n) is 4.88. The van der Waals surface area contributed by atoms with Crippen LogP contribution in [-0.4, -0.2) is 58.3 Å². The van der Waals surface area contributed by atoms with Crippen molar-refractivity contribution in [2.75, 3.05) is 47.4 Å². The average molecular weight is 475 g/mol. The van der Waals surface area contributed by atoms with Crippen LogP contribution in [0.2, 0.25) is 10.0 Å². The van der Waals surface area contributed by atoms with Gasteiger partial charge in [-0.05, 0) is 24.7 Å². The minimum atomic E-state index is 0. The Hall–Kier alpha value is -0.280. The number of guanidine groups is 1. The summed E-state index contributed by atoms with van der Waals surface area (Å²) in [7, 11) is 5.51. The Morgan fingerprint density at radius 1 is 1.26 bits per heavy atom. The molecule has 1 rings (SSSR count). The fourth-order valence-corrected chi connectivity index (χ4v) is 2.26. The summed E-state index contributed by atoms with van der Waals surface area (Å²) in [4.78, 5) is 6.39. The summed E-state index contributed by atoms with van der Waals surface area (Å²) in [6.45, 7) is 3.94. The first-order chi connectivity index (χ1) is 10.6. The summed E-state index contributed by atoms with van der Waals surface area (Å²) in [5.74, 6) is 0.742. The number of methoxy groups -OCH3 is 1. The molecule has 0 atom stereocenters. The van der Waals surface area contributed by atoms with Gasteiger partial charge in [-0.15, -0.1) is 24.0 Å². The van der Waals surface area contributed by atoms with E-state index < -0.39 is 0 Å². The number of likely N-dealkylation sites (N-methyl/N-ethyl adjacent to an activating group) is 1. The van der Waals surface area contributed by atoms with Crippen LogP contribution < -0.4 is 10.6 Å². The highest BCUT2D eigenvalue weighted by molar-refractivity contribution is 14.0. The van der Waals surface area contributed by atoms with Gasteiger partial charge in [0.1, 0.15) is 0 Å². The summed E-state index contributed by atoms with van der Waals surface area (Å²) in [5, 5.41) is 7.78. The van der Waals surface area contributed by atoms with Gasteiger partial charge in [-0.1, -0.05) is 29.3 Å². The van der Waals surface area contributed by atoms with Crippen LogP contribution in [0.4, 0.5) is 0 Å². The number of ether oxygens (including phenoxy) is 1. The van der Waals surface area contributed by atoms with Gasteiger partial charge in [0.2, 0.25) is 0 Å². The predicted molar refractivity (Wildman–Crippen MR) is 109 cm³/mol. The van der Waals surface area contributed by atoms with E-state index in [2.05, 4.69) is 27.6 Å². The van der Waals surface area contributed by atoms with E-state index in [1.807, 2.05) is 12.1 Å². The maximum absolute atomic E-state index is 6.15. The summed E-state index contributed by atoms with van der Waals surface area (Å²) >= 11 is 12.0. The van der Waals surface area contributed by atoms with Gasteiger partial charge < -0.3 is 20.3 Å². The minimum absolute atomic E-state index is 0. The van der Waals surface area contributed by atoms with E-state index in [-0.39, 0.29) is 24.0 Å². The summed E-state index contributed by atoms with van der Waals surface area (Å²) in [6, 6.07) is 5.47. The first-order valence-corrected chi connectivity index (χ1v) is 7.88. The molecule has 0 bridgehead atoms. The average Bonchev–Trinajstić information content (AvgIpc) is 2.50. The van der Waals surface area contributed by atoms with Crippen LogP contribution in [-0.2, 0) is 11.3 Å². The van der Waals surface area contributed by atoms with Gasteiger partial charge in [-0.25, -0.2) is 0 Å². The van der Waals surface area contributed by atoms with Gasteiger partial charge >= 0.3 is 0 Å². The van der Waals surface area contributed by atoms with Gasteiger partial charge in [0.25, 0.3) is 0 Å². The minimum Gasteiger partial charge on any atom is -0.383 e. The normalized spacial score (nSPS) is 11.3. The van der Waals surface area contributed by atoms with Crippen molar-refractivity contribution in [3.8, 4) is 0 Å². The van der Waals surface area contributed by atoms with E-state index >= 15 is 0 Å². The van der Waals surface area contributed by atoms with E-state index in [1.165, 1.54) is 0 Å². The van der Waals surface area contributed by atoms with Crippen molar-refractivity contribution < 1.29 is 4.74 Å². The number of hydrogen-bond acceptors (Lipinski definition) is 3. The molecule has 0 aliphatic heterocycles. The van der Waals surface area contributed by atoms with Crippen molar-refractivity contribution in [1.82, 2.24) is 15.5 Å². The molecule has 0 heterocycles. The number of aliphatic imine (C=N–C) groups is 1. The van der Waals surface area contributed by atoms with Crippen LogP contribution in [0.15, 0.2) is 23.2 Å². The summed E-state index contributed by atoms with van der Waals surface area (Å²) < 4.78 is 5.05. The molecule has 5 nitrogen and oxygen atoms in total. The van der Waals surface area contributed by atoms with Crippen LogP contribution in [0.5, 0.6) is 0 Å². The molecule has 0 aromatic heterocycles. The smallest absolute Gasteiger partial charge is 0.191 e. The monoisotopic (exact) mass is 474 g/mol. The lowest BCUT2D eigenvalue weighted by atomic mass is 10.2. The molecule has 0 unspecified atom stereocenters. The second-order valence-corrected chi connectivity index (χ2v) is 5.73. The zero-order valence-corrected chi connectivity index (χ0v) is 17.6. The third-order valence-corrected chi connectivity index (χ3v) is 3.74. The Bertz CT molecular complexity index is 489. The molecule has 0 aliphatic carbocycles. The first-order valence-electron chi connectivity index (χ1n) is 7.12. The number of halogens is 3. The Kier molecular flexibility index (Phi) is 12.9. The Morgan fingerprint density at radius 2 is 2.00 bits per heavy atom.